The molecule has 0 bridgehead atoms. The summed E-state index contributed by atoms with van der Waals surface area (Å²) in [7, 11) is 1.31. The average molecular weight is 278 g/mol. The van der Waals surface area contributed by atoms with Gasteiger partial charge in [-0.3, -0.25) is 4.90 Å². The summed E-state index contributed by atoms with van der Waals surface area (Å²) in [5.41, 5.74) is 1.54. The summed E-state index contributed by atoms with van der Waals surface area (Å²) in [4.78, 5) is 29.0. The van der Waals surface area contributed by atoms with E-state index in [1.807, 2.05) is 20.8 Å². The Labute approximate surface area is 117 Å². The number of fused-ring (bicyclic) bond motifs is 1. The van der Waals surface area contributed by atoms with E-state index in [9.17, 15) is 9.59 Å². The molecule has 2 heterocycles. The summed E-state index contributed by atoms with van der Waals surface area (Å²) < 4.78 is 9.96. The maximum Gasteiger partial charge on any atom is 0.410 e. The molecule has 0 saturated carbocycles. The maximum absolute atomic E-state index is 12.0. The van der Waals surface area contributed by atoms with Crippen LogP contribution in [0.25, 0.3) is 0 Å². The average Bonchev–Trinajstić information content (AvgIpc) is 2.78. The van der Waals surface area contributed by atoms with Crippen molar-refractivity contribution in [1.82, 2.24) is 9.88 Å². The van der Waals surface area contributed by atoms with Crippen LogP contribution >= 0.6 is 0 Å². The predicted octanol–water partition coefficient (Wildman–Crippen LogP) is 2.12. The second-order valence-corrected chi connectivity index (χ2v) is 5.67. The van der Waals surface area contributed by atoms with E-state index in [4.69, 9.17) is 4.74 Å². The van der Waals surface area contributed by atoms with Crippen molar-refractivity contribution in [3.8, 4) is 0 Å². The molecule has 0 spiro atoms. The summed E-state index contributed by atoms with van der Waals surface area (Å²) in [6.07, 6.45) is 1.24. The number of pyridine rings is 1. The number of ether oxygens (including phenoxy) is 2. The molecule has 1 aliphatic rings. The van der Waals surface area contributed by atoms with Crippen molar-refractivity contribution in [3.63, 3.8) is 0 Å². The third kappa shape index (κ3) is 3.07. The van der Waals surface area contributed by atoms with Crippen molar-refractivity contribution < 1.29 is 19.1 Å². The molecule has 1 aliphatic heterocycles. The minimum absolute atomic E-state index is 0.247. The van der Waals surface area contributed by atoms with Crippen LogP contribution in [-0.2, 0) is 22.6 Å². The fraction of sp³-hybridized carbons (Fsp3) is 0.500. The van der Waals surface area contributed by atoms with Crippen LogP contribution < -0.4 is 0 Å². The number of rotatable bonds is 1. The van der Waals surface area contributed by atoms with Gasteiger partial charge >= 0.3 is 12.1 Å². The van der Waals surface area contributed by atoms with Gasteiger partial charge in [-0.1, -0.05) is 0 Å². The van der Waals surface area contributed by atoms with Crippen LogP contribution in [0.5, 0.6) is 0 Å². The molecule has 1 aromatic heterocycles. The molecule has 108 valence electrons. The fourth-order valence-electron chi connectivity index (χ4n) is 1.95. The SMILES string of the molecule is COC(=O)c1cc2c(cn1)CN(C(=O)OC(C)(C)C)C2. The molecular formula is C14H18N2O4. The number of methoxy groups -OCH3 is 1. The fourth-order valence-corrected chi connectivity index (χ4v) is 1.95. The molecule has 0 aliphatic carbocycles. The van der Waals surface area contributed by atoms with Crippen LogP contribution in [-0.4, -0.2) is 34.7 Å². The zero-order chi connectivity index (χ0) is 14.9. The Kier molecular flexibility index (Phi) is 3.65. The van der Waals surface area contributed by atoms with E-state index in [2.05, 4.69) is 9.72 Å². The highest BCUT2D eigenvalue weighted by molar-refractivity contribution is 5.87. The molecule has 1 amide bonds. The third-order valence-corrected chi connectivity index (χ3v) is 2.85. The number of hydrogen-bond donors (Lipinski definition) is 0. The number of nitrogens with zero attached hydrogens (tertiary/aromatic N) is 2. The molecule has 0 N–H and O–H groups in total. The lowest BCUT2D eigenvalue weighted by atomic mass is 10.1. The number of amides is 1. The lowest BCUT2D eigenvalue weighted by Gasteiger charge is -2.24. The summed E-state index contributed by atoms with van der Waals surface area (Å²) in [6.45, 7) is 6.33. The number of hydrogen-bond acceptors (Lipinski definition) is 5. The van der Waals surface area contributed by atoms with Gasteiger partial charge in [0, 0.05) is 12.7 Å². The van der Waals surface area contributed by atoms with Crippen molar-refractivity contribution in [2.24, 2.45) is 0 Å². The zero-order valence-electron chi connectivity index (χ0n) is 12.1. The van der Waals surface area contributed by atoms with Gasteiger partial charge in [-0.2, -0.15) is 0 Å². The molecule has 6 nitrogen and oxygen atoms in total. The van der Waals surface area contributed by atoms with Gasteiger partial charge in [0.1, 0.15) is 11.3 Å². The number of carbonyl (C=O) groups is 2. The van der Waals surface area contributed by atoms with Gasteiger partial charge in [0.2, 0.25) is 0 Å². The summed E-state index contributed by atoms with van der Waals surface area (Å²) in [5.74, 6) is -0.483. The molecule has 20 heavy (non-hydrogen) atoms. The van der Waals surface area contributed by atoms with Crippen LogP contribution in [0.1, 0.15) is 42.4 Å². The first-order valence-electron chi connectivity index (χ1n) is 6.34. The topological polar surface area (TPSA) is 68.7 Å². The summed E-state index contributed by atoms with van der Waals surface area (Å²) in [5, 5.41) is 0. The first-order valence-corrected chi connectivity index (χ1v) is 6.34. The smallest absolute Gasteiger partial charge is 0.410 e. The quantitative estimate of drug-likeness (QED) is 0.736. The second kappa shape index (κ2) is 5.11. The van der Waals surface area contributed by atoms with Crippen molar-refractivity contribution in [1.29, 1.82) is 0 Å². The Morgan fingerprint density at radius 1 is 1.25 bits per heavy atom. The molecule has 0 radical (unpaired) electrons. The van der Waals surface area contributed by atoms with Gasteiger partial charge in [-0.25, -0.2) is 14.6 Å². The number of esters is 1. The van der Waals surface area contributed by atoms with Gasteiger partial charge in [0.25, 0.3) is 0 Å². The third-order valence-electron chi connectivity index (χ3n) is 2.85. The van der Waals surface area contributed by atoms with E-state index in [0.29, 0.717) is 13.1 Å². The van der Waals surface area contributed by atoms with Crippen LogP contribution in [0.3, 0.4) is 0 Å². The second-order valence-electron chi connectivity index (χ2n) is 5.67. The summed E-state index contributed by atoms with van der Waals surface area (Å²) in [6, 6.07) is 1.66. The van der Waals surface area contributed by atoms with Gasteiger partial charge in [-0.15, -0.1) is 0 Å². The Bertz CT molecular complexity index is 549. The zero-order valence-corrected chi connectivity index (χ0v) is 12.1. The molecule has 0 unspecified atom stereocenters. The minimum Gasteiger partial charge on any atom is -0.464 e. The predicted molar refractivity (Wildman–Crippen MR) is 71.1 cm³/mol. The Morgan fingerprint density at radius 2 is 1.90 bits per heavy atom. The lowest BCUT2D eigenvalue weighted by molar-refractivity contribution is 0.0241. The van der Waals surface area contributed by atoms with Gasteiger partial charge < -0.3 is 9.47 Å². The molecule has 6 heteroatoms. The maximum atomic E-state index is 12.0. The van der Waals surface area contributed by atoms with E-state index >= 15 is 0 Å². The highest BCUT2D eigenvalue weighted by Crippen LogP contribution is 2.24. The van der Waals surface area contributed by atoms with E-state index in [-0.39, 0.29) is 11.8 Å². The van der Waals surface area contributed by atoms with Gasteiger partial charge in [0.05, 0.1) is 13.7 Å². The van der Waals surface area contributed by atoms with Crippen molar-refractivity contribution in [2.75, 3.05) is 7.11 Å². The van der Waals surface area contributed by atoms with Crippen molar-refractivity contribution in [3.05, 3.63) is 29.1 Å². The van der Waals surface area contributed by atoms with E-state index in [1.165, 1.54) is 7.11 Å². The van der Waals surface area contributed by atoms with E-state index < -0.39 is 11.6 Å². The van der Waals surface area contributed by atoms with Crippen molar-refractivity contribution in [2.45, 2.75) is 39.5 Å². The highest BCUT2D eigenvalue weighted by Gasteiger charge is 2.28. The van der Waals surface area contributed by atoms with Crippen LogP contribution in [0.4, 0.5) is 4.79 Å². The molecule has 0 saturated heterocycles. The standard InChI is InChI=1S/C14H18N2O4/c1-14(2,3)20-13(18)16-7-9-5-11(12(17)19-4)15-6-10(9)8-16/h5-6H,7-8H2,1-4H3. The van der Waals surface area contributed by atoms with E-state index in [0.717, 1.165) is 11.1 Å². The normalized spacial score (nSPS) is 13.9. The molecule has 1 aromatic rings. The van der Waals surface area contributed by atoms with Crippen molar-refractivity contribution >= 4 is 12.1 Å². The number of carbonyl (C=O) groups excluding carboxylic acids is 2. The lowest BCUT2D eigenvalue weighted by Crippen LogP contribution is -2.33. The largest absolute Gasteiger partial charge is 0.464 e. The van der Waals surface area contributed by atoms with Gasteiger partial charge in [0.15, 0.2) is 0 Å². The minimum atomic E-state index is -0.527. The summed E-state index contributed by atoms with van der Waals surface area (Å²) >= 11 is 0. The molecule has 0 atom stereocenters. The Hall–Kier alpha value is -2.11. The molecular weight excluding hydrogens is 260 g/mol. The first kappa shape index (κ1) is 14.3. The Balaban J connectivity index is 2.11. The highest BCUT2D eigenvalue weighted by atomic mass is 16.6. The Morgan fingerprint density at radius 3 is 2.50 bits per heavy atom. The van der Waals surface area contributed by atoms with Crippen LogP contribution in [0.2, 0.25) is 0 Å². The monoisotopic (exact) mass is 278 g/mol. The van der Waals surface area contributed by atoms with Gasteiger partial charge in [-0.05, 0) is 38.0 Å². The molecule has 0 aromatic carbocycles. The first-order chi connectivity index (χ1) is 9.30. The number of aromatic nitrogens is 1. The van der Waals surface area contributed by atoms with E-state index in [1.54, 1.807) is 17.2 Å². The van der Waals surface area contributed by atoms with Crippen LogP contribution in [0, 0.1) is 0 Å². The molecule has 0 fully saturated rings. The van der Waals surface area contributed by atoms with Crippen LogP contribution in [0.15, 0.2) is 12.3 Å². The molecule has 2 rings (SSSR count).